The molecule has 0 bridgehead atoms. The lowest BCUT2D eigenvalue weighted by Gasteiger charge is -2.16. The number of carbonyl (C=O) groups excluding carboxylic acids is 2. The standard InChI is InChI=1S/C22H19BrFNO4S/c1-3-9-29-20-17(23)10-15(11-18(20)28-4-2)12-19-21(26)25(22(27)30-19)13-14-5-7-16(24)8-6-14/h1,5-8,10-11,19H,4,9,12-13H2,2H3/t19-/m1/s1. The van der Waals surface area contributed by atoms with Crippen LogP contribution in [0.3, 0.4) is 0 Å². The van der Waals surface area contributed by atoms with Crippen molar-refractivity contribution >= 4 is 38.8 Å². The van der Waals surface area contributed by atoms with Gasteiger partial charge >= 0.3 is 0 Å². The summed E-state index contributed by atoms with van der Waals surface area (Å²) in [6.07, 6.45) is 5.62. The molecule has 2 aromatic rings. The Balaban J connectivity index is 1.75. The van der Waals surface area contributed by atoms with Crippen molar-refractivity contribution in [3.05, 3.63) is 57.8 Å². The van der Waals surface area contributed by atoms with E-state index in [1.807, 2.05) is 13.0 Å². The number of amides is 2. The normalized spacial score (nSPS) is 15.9. The molecule has 0 aliphatic carbocycles. The topological polar surface area (TPSA) is 55.8 Å². The molecule has 1 heterocycles. The van der Waals surface area contributed by atoms with Crippen LogP contribution in [-0.2, 0) is 17.8 Å². The summed E-state index contributed by atoms with van der Waals surface area (Å²) < 4.78 is 25.0. The molecule has 0 spiro atoms. The maximum absolute atomic E-state index is 13.1. The molecule has 3 rings (SSSR count). The monoisotopic (exact) mass is 491 g/mol. The van der Waals surface area contributed by atoms with E-state index in [2.05, 4.69) is 21.9 Å². The zero-order valence-electron chi connectivity index (χ0n) is 16.2. The average Bonchev–Trinajstić information content (AvgIpc) is 2.96. The molecule has 0 aromatic heterocycles. The lowest BCUT2D eigenvalue weighted by Crippen LogP contribution is -2.31. The zero-order valence-corrected chi connectivity index (χ0v) is 18.6. The number of rotatable bonds is 8. The van der Waals surface area contributed by atoms with E-state index in [-0.39, 0.29) is 30.1 Å². The first-order valence-corrected chi connectivity index (χ1v) is 10.9. The number of terminal acetylenes is 1. The number of nitrogens with zero attached hydrogens (tertiary/aromatic N) is 1. The Morgan fingerprint density at radius 3 is 2.60 bits per heavy atom. The quantitative estimate of drug-likeness (QED) is 0.496. The number of carbonyl (C=O) groups is 2. The Morgan fingerprint density at radius 2 is 1.93 bits per heavy atom. The highest BCUT2D eigenvalue weighted by atomic mass is 79.9. The summed E-state index contributed by atoms with van der Waals surface area (Å²) in [6.45, 7) is 2.51. The van der Waals surface area contributed by atoms with Gasteiger partial charge in [0.1, 0.15) is 12.4 Å². The second-order valence-corrected chi connectivity index (χ2v) is 8.47. The van der Waals surface area contributed by atoms with Gasteiger partial charge in [0.05, 0.1) is 22.9 Å². The predicted molar refractivity (Wildman–Crippen MR) is 117 cm³/mol. The first-order valence-electron chi connectivity index (χ1n) is 9.20. The summed E-state index contributed by atoms with van der Waals surface area (Å²) in [5.41, 5.74) is 1.51. The largest absolute Gasteiger partial charge is 0.490 e. The summed E-state index contributed by atoms with van der Waals surface area (Å²) >= 11 is 4.45. The van der Waals surface area contributed by atoms with Crippen molar-refractivity contribution in [1.82, 2.24) is 4.90 Å². The zero-order chi connectivity index (χ0) is 21.7. The van der Waals surface area contributed by atoms with Crippen molar-refractivity contribution < 1.29 is 23.5 Å². The molecular weight excluding hydrogens is 473 g/mol. The Kier molecular flexibility index (Phi) is 7.40. The van der Waals surface area contributed by atoms with Gasteiger partial charge in [-0.1, -0.05) is 29.8 Å². The van der Waals surface area contributed by atoms with Crippen LogP contribution in [0.2, 0.25) is 0 Å². The van der Waals surface area contributed by atoms with E-state index in [0.29, 0.717) is 34.6 Å². The van der Waals surface area contributed by atoms with Crippen LogP contribution in [0.15, 0.2) is 40.9 Å². The third kappa shape index (κ3) is 5.15. The molecule has 1 saturated heterocycles. The van der Waals surface area contributed by atoms with Crippen molar-refractivity contribution in [3.8, 4) is 23.8 Å². The summed E-state index contributed by atoms with van der Waals surface area (Å²) in [7, 11) is 0. The molecule has 0 unspecified atom stereocenters. The minimum Gasteiger partial charge on any atom is -0.490 e. The molecule has 1 aliphatic rings. The molecule has 8 heteroatoms. The molecule has 156 valence electrons. The SMILES string of the molecule is C#CCOc1c(Br)cc(C[C@H]2SC(=O)N(Cc3ccc(F)cc3)C2=O)cc1OCC. The van der Waals surface area contributed by atoms with Gasteiger partial charge in [-0.15, -0.1) is 6.42 Å². The molecule has 1 aliphatic heterocycles. The van der Waals surface area contributed by atoms with Crippen LogP contribution in [0.5, 0.6) is 11.5 Å². The van der Waals surface area contributed by atoms with E-state index in [0.717, 1.165) is 17.3 Å². The highest BCUT2D eigenvalue weighted by molar-refractivity contribution is 9.10. The minimum atomic E-state index is -0.545. The van der Waals surface area contributed by atoms with Crippen molar-refractivity contribution in [3.63, 3.8) is 0 Å². The van der Waals surface area contributed by atoms with E-state index < -0.39 is 5.25 Å². The van der Waals surface area contributed by atoms with Crippen molar-refractivity contribution in [2.45, 2.75) is 25.1 Å². The van der Waals surface area contributed by atoms with Crippen LogP contribution >= 0.6 is 27.7 Å². The number of benzene rings is 2. The number of halogens is 2. The lowest BCUT2D eigenvalue weighted by atomic mass is 10.1. The van der Waals surface area contributed by atoms with Crippen LogP contribution in [-0.4, -0.2) is 34.5 Å². The number of hydrogen-bond acceptors (Lipinski definition) is 5. The molecule has 2 amide bonds. The minimum absolute atomic E-state index is 0.0990. The van der Waals surface area contributed by atoms with Gasteiger partial charge < -0.3 is 9.47 Å². The van der Waals surface area contributed by atoms with Gasteiger partial charge in [0.25, 0.3) is 5.24 Å². The smallest absolute Gasteiger partial charge is 0.289 e. The molecule has 1 atom stereocenters. The third-order valence-corrected chi connectivity index (χ3v) is 6.01. The van der Waals surface area contributed by atoms with E-state index in [1.54, 1.807) is 18.2 Å². The van der Waals surface area contributed by atoms with E-state index in [4.69, 9.17) is 15.9 Å². The van der Waals surface area contributed by atoms with E-state index in [1.165, 1.54) is 17.0 Å². The van der Waals surface area contributed by atoms with Gasteiger partial charge in [-0.2, -0.15) is 0 Å². The molecule has 0 saturated carbocycles. The number of hydrogen-bond donors (Lipinski definition) is 0. The third-order valence-electron chi connectivity index (χ3n) is 4.35. The Hall–Kier alpha value is -2.50. The summed E-state index contributed by atoms with van der Waals surface area (Å²) in [6, 6.07) is 9.36. The Labute approximate surface area is 187 Å². The first-order chi connectivity index (χ1) is 14.4. The molecule has 2 aromatic carbocycles. The fourth-order valence-electron chi connectivity index (χ4n) is 3.01. The van der Waals surface area contributed by atoms with Gasteiger partial charge in [0.2, 0.25) is 5.91 Å². The molecule has 5 nitrogen and oxygen atoms in total. The van der Waals surface area contributed by atoms with Crippen LogP contribution in [0.1, 0.15) is 18.1 Å². The van der Waals surface area contributed by atoms with Crippen molar-refractivity contribution in [2.24, 2.45) is 0 Å². The molecule has 0 radical (unpaired) electrons. The van der Waals surface area contributed by atoms with E-state index in [9.17, 15) is 14.0 Å². The van der Waals surface area contributed by atoms with Gasteiger partial charge in [0.15, 0.2) is 11.5 Å². The Morgan fingerprint density at radius 1 is 1.20 bits per heavy atom. The first kappa shape index (κ1) is 22.2. The molecule has 0 N–H and O–H groups in total. The highest BCUT2D eigenvalue weighted by Gasteiger charge is 2.39. The number of imide groups is 1. The van der Waals surface area contributed by atoms with Crippen LogP contribution in [0.25, 0.3) is 0 Å². The lowest BCUT2D eigenvalue weighted by molar-refractivity contribution is -0.127. The molecular formula is C22H19BrFNO4S. The van der Waals surface area contributed by atoms with Crippen molar-refractivity contribution in [2.75, 3.05) is 13.2 Å². The summed E-state index contributed by atoms with van der Waals surface area (Å²) in [5, 5.41) is -0.857. The second-order valence-electron chi connectivity index (χ2n) is 6.46. The second kappa shape index (κ2) is 10.0. The van der Waals surface area contributed by atoms with Crippen LogP contribution < -0.4 is 9.47 Å². The van der Waals surface area contributed by atoms with Gasteiger partial charge in [-0.25, -0.2) is 4.39 Å². The van der Waals surface area contributed by atoms with Gasteiger partial charge in [-0.05, 0) is 64.7 Å². The maximum atomic E-state index is 13.1. The van der Waals surface area contributed by atoms with Gasteiger partial charge in [0, 0.05) is 0 Å². The Bertz CT molecular complexity index is 990. The fraction of sp³-hybridized carbons (Fsp3) is 0.273. The van der Waals surface area contributed by atoms with E-state index >= 15 is 0 Å². The number of thioether (sulfide) groups is 1. The average molecular weight is 492 g/mol. The van der Waals surface area contributed by atoms with Crippen LogP contribution in [0, 0.1) is 18.2 Å². The highest BCUT2D eigenvalue weighted by Crippen LogP contribution is 2.39. The molecule has 30 heavy (non-hydrogen) atoms. The van der Waals surface area contributed by atoms with Gasteiger partial charge in [-0.3, -0.25) is 14.5 Å². The predicted octanol–water partition coefficient (Wildman–Crippen LogP) is 4.81. The molecule has 1 fully saturated rings. The fourth-order valence-corrected chi connectivity index (χ4v) is 4.65. The van der Waals surface area contributed by atoms with Crippen molar-refractivity contribution in [1.29, 1.82) is 0 Å². The maximum Gasteiger partial charge on any atom is 0.289 e. The summed E-state index contributed by atoms with van der Waals surface area (Å²) in [5.74, 6) is 2.80. The summed E-state index contributed by atoms with van der Waals surface area (Å²) in [4.78, 5) is 26.4. The van der Waals surface area contributed by atoms with Crippen LogP contribution in [0.4, 0.5) is 9.18 Å². The number of ether oxygens (including phenoxy) is 2.